The van der Waals surface area contributed by atoms with Gasteiger partial charge in [-0.2, -0.15) is 0 Å². The Morgan fingerprint density at radius 3 is 1.81 bits per heavy atom. The largest absolute Gasteiger partial charge is 0.444 e. The predicted molar refractivity (Wildman–Crippen MR) is 100 cm³/mol. The van der Waals surface area contributed by atoms with Gasteiger partial charge < -0.3 is 36.3 Å². The molecule has 0 saturated carbocycles. The molecule has 0 fully saturated rings. The van der Waals surface area contributed by atoms with Crippen LogP contribution in [0.4, 0.5) is 9.59 Å². The number of hydrogen-bond donors (Lipinski definition) is 5. The van der Waals surface area contributed by atoms with Gasteiger partial charge in [0.2, 0.25) is 5.91 Å². The topological polar surface area (TPSA) is 152 Å². The third kappa shape index (κ3) is 14.8. The Bertz CT molecular complexity index is 499. The summed E-state index contributed by atoms with van der Waals surface area (Å²) < 4.78 is 10.1. The van der Waals surface area contributed by atoms with Crippen LogP contribution in [0.3, 0.4) is 0 Å². The summed E-state index contributed by atoms with van der Waals surface area (Å²) in [5.41, 5.74) is 4.49. The number of carbonyl (C=O) groups excluding carboxylic acids is 3. The van der Waals surface area contributed by atoms with Crippen molar-refractivity contribution in [3.05, 3.63) is 0 Å². The zero-order chi connectivity index (χ0) is 21.3. The number of nitrogens with two attached hydrogens (primary N) is 1. The molecule has 0 rings (SSSR count). The summed E-state index contributed by atoms with van der Waals surface area (Å²) in [5, 5.41) is 17.2. The standard InChI is InChI=1S/C17H34N4O6/c1-16(2,3)26-14(24)19-8-7-12(18)13(23)20-9-11(22)10-21-15(25)27-17(4,5)6/h11-12,22H,7-10,18H2,1-6H3,(H,19,24)(H,20,23)(H,21,25)/t11?,12-/m0/s1. The highest BCUT2D eigenvalue weighted by Gasteiger charge is 2.19. The molecule has 1 unspecified atom stereocenters. The van der Waals surface area contributed by atoms with E-state index in [1.165, 1.54) is 0 Å². The van der Waals surface area contributed by atoms with Crippen LogP contribution in [0, 0.1) is 0 Å². The normalized spacial score (nSPS) is 13.9. The minimum atomic E-state index is -0.992. The molecule has 0 aliphatic heterocycles. The van der Waals surface area contributed by atoms with Gasteiger partial charge in [0.05, 0.1) is 12.1 Å². The van der Waals surface area contributed by atoms with Crippen LogP contribution in [0.15, 0.2) is 0 Å². The summed E-state index contributed by atoms with van der Waals surface area (Å²) >= 11 is 0. The molecule has 0 heterocycles. The molecule has 158 valence electrons. The number of amides is 3. The highest BCUT2D eigenvalue weighted by atomic mass is 16.6. The van der Waals surface area contributed by atoms with Crippen LogP contribution in [0.5, 0.6) is 0 Å². The first-order chi connectivity index (χ1) is 12.2. The van der Waals surface area contributed by atoms with E-state index in [1.54, 1.807) is 41.5 Å². The van der Waals surface area contributed by atoms with Gasteiger partial charge in [0.1, 0.15) is 11.2 Å². The minimum absolute atomic E-state index is 0.0787. The number of nitrogens with one attached hydrogen (secondary N) is 3. The smallest absolute Gasteiger partial charge is 0.407 e. The van der Waals surface area contributed by atoms with Crippen LogP contribution in [0.2, 0.25) is 0 Å². The molecule has 0 aliphatic rings. The van der Waals surface area contributed by atoms with Gasteiger partial charge in [-0.3, -0.25) is 4.79 Å². The molecule has 0 aromatic rings. The van der Waals surface area contributed by atoms with Gasteiger partial charge in [0, 0.05) is 19.6 Å². The molecular weight excluding hydrogens is 356 g/mol. The number of alkyl carbamates (subject to hydrolysis) is 2. The maximum atomic E-state index is 11.9. The fraction of sp³-hybridized carbons (Fsp3) is 0.824. The average Bonchev–Trinajstić information content (AvgIpc) is 2.46. The number of aliphatic hydroxyl groups is 1. The average molecular weight is 390 g/mol. The Labute approximate surface area is 160 Å². The lowest BCUT2D eigenvalue weighted by atomic mass is 10.2. The first-order valence-corrected chi connectivity index (χ1v) is 8.84. The Morgan fingerprint density at radius 1 is 0.889 bits per heavy atom. The molecule has 0 saturated heterocycles. The van der Waals surface area contributed by atoms with E-state index in [9.17, 15) is 19.5 Å². The molecule has 0 aromatic carbocycles. The second-order valence-electron chi connectivity index (χ2n) is 8.11. The highest BCUT2D eigenvalue weighted by molar-refractivity contribution is 5.81. The maximum Gasteiger partial charge on any atom is 0.407 e. The third-order valence-corrected chi connectivity index (χ3v) is 2.85. The van der Waals surface area contributed by atoms with Gasteiger partial charge in [-0.05, 0) is 48.0 Å². The zero-order valence-electron chi connectivity index (χ0n) is 17.0. The van der Waals surface area contributed by atoms with Crippen molar-refractivity contribution in [1.82, 2.24) is 16.0 Å². The summed E-state index contributed by atoms with van der Waals surface area (Å²) in [6, 6.07) is -0.856. The zero-order valence-corrected chi connectivity index (χ0v) is 17.0. The van der Waals surface area contributed by atoms with Gasteiger partial charge in [-0.1, -0.05) is 0 Å². The van der Waals surface area contributed by atoms with E-state index in [1.807, 2.05) is 0 Å². The van der Waals surface area contributed by atoms with Crippen LogP contribution in [0.1, 0.15) is 48.0 Å². The summed E-state index contributed by atoms with van der Waals surface area (Å²) in [6.07, 6.45) is -2.03. The molecule has 0 spiro atoms. The number of rotatable bonds is 8. The van der Waals surface area contributed by atoms with Crippen LogP contribution in [0.25, 0.3) is 0 Å². The summed E-state index contributed by atoms with van der Waals surface area (Å²) in [5.74, 6) is -0.475. The first kappa shape index (κ1) is 24.9. The van der Waals surface area contributed by atoms with E-state index in [0.29, 0.717) is 0 Å². The molecule has 10 heteroatoms. The number of ether oxygens (including phenoxy) is 2. The van der Waals surface area contributed by atoms with Crippen molar-refractivity contribution in [2.24, 2.45) is 5.73 Å². The van der Waals surface area contributed by atoms with Crippen LogP contribution in [-0.4, -0.2) is 66.2 Å². The Hall–Kier alpha value is -2.07. The molecule has 27 heavy (non-hydrogen) atoms. The van der Waals surface area contributed by atoms with Crippen molar-refractivity contribution in [3.8, 4) is 0 Å². The lowest BCUT2D eigenvalue weighted by Gasteiger charge is -2.21. The van der Waals surface area contributed by atoms with Crippen LogP contribution in [-0.2, 0) is 14.3 Å². The first-order valence-electron chi connectivity index (χ1n) is 8.84. The second-order valence-corrected chi connectivity index (χ2v) is 8.11. The summed E-state index contributed by atoms with van der Waals surface area (Å²) in [4.78, 5) is 34.8. The predicted octanol–water partition coefficient (Wildman–Crippen LogP) is 0.230. The number of carbonyl (C=O) groups is 3. The van der Waals surface area contributed by atoms with Crippen molar-refractivity contribution in [2.45, 2.75) is 71.3 Å². The fourth-order valence-corrected chi connectivity index (χ4v) is 1.71. The van der Waals surface area contributed by atoms with Crippen molar-refractivity contribution in [3.63, 3.8) is 0 Å². The van der Waals surface area contributed by atoms with Gasteiger partial charge in [0.15, 0.2) is 0 Å². The lowest BCUT2D eigenvalue weighted by molar-refractivity contribution is -0.122. The third-order valence-electron chi connectivity index (χ3n) is 2.85. The Morgan fingerprint density at radius 2 is 1.33 bits per heavy atom. The number of hydrogen-bond acceptors (Lipinski definition) is 7. The molecule has 0 radical (unpaired) electrons. The van der Waals surface area contributed by atoms with E-state index in [2.05, 4.69) is 16.0 Å². The second kappa shape index (κ2) is 10.9. The van der Waals surface area contributed by atoms with Crippen molar-refractivity contribution >= 4 is 18.1 Å². The molecule has 10 nitrogen and oxygen atoms in total. The molecule has 0 bridgehead atoms. The van der Waals surface area contributed by atoms with E-state index in [0.717, 1.165) is 0 Å². The number of aliphatic hydroxyl groups excluding tert-OH is 1. The van der Waals surface area contributed by atoms with E-state index >= 15 is 0 Å². The maximum absolute atomic E-state index is 11.9. The molecule has 6 N–H and O–H groups in total. The molecule has 0 aromatic heterocycles. The fourth-order valence-electron chi connectivity index (χ4n) is 1.71. The molecular formula is C17H34N4O6. The van der Waals surface area contributed by atoms with Crippen molar-refractivity contribution in [2.75, 3.05) is 19.6 Å². The highest BCUT2D eigenvalue weighted by Crippen LogP contribution is 2.07. The van der Waals surface area contributed by atoms with Gasteiger partial charge >= 0.3 is 12.2 Å². The monoisotopic (exact) mass is 390 g/mol. The minimum Gasteiger partial charge on any atom is -0.444 e. The van der Waals surface area contributed by atoms with Gasteiger partial charge in [-0.25, -0.2) is 9.59 Å². The summed E-state index contributed by atoms with van der Waals surface area (Å²) in [7, 11) is 0. The van der Waals surface area contributed by atoms with Gasteiger partial charge in [0.25, 0.3) is 0 Å². The van der Waals surface area contributed by atoms with Gasteiger partial charge in [-0.15, -0.1) is 0 Å². The SMILES string of the molecule is CC(C)(C)OC(=O)NCC[C@H](N)C(=O)NCC(O)CNC(=O)OC(C)(C)C. The van der Waals surface area contributed by atoms with Crippen LogP contribution >= 0.6 is 0 Å². The lowest BCUT2D eigenvalue weighted by Crippen LogP contribution is -2.47. The van der Waals surface area contributed by atoms with E-state index < -0.39 is 41.4 Å². The molecule has 2 atom stereocenters. The molecule has 0 aliphatic carbocycles. The quantitative estimate of drug-likeness (QED) is 0.398. The van der Waals surface area contributed by atoms with Crippen molar-refractivity contribution < 1.29 is 29.0 Å². The molecule has 3 amide bonds. The van der Waals surface area contributed by atoms with Crippen LogP contribution < -0.4 is 21.7 Å². The Kier molecular flexibility index (Phi) is 10.1. The van der Waals surface area contributed by atoms with Crippen molar-refractivity contribution in [1.29, 1.82) is 0 Å². The Balaban J connectivity index is 3.99. The summed E-state index contributed by atoms with van der Waals surface area (Å²) in [6.45, 7) is 10.4. The van der Waals surface area contributed by atoms with E-state index in [4.69, 9.17) is 15.2 Å². The van der Waals surface area contributed by atoms with E-state index in [-0.39, 0.29) is 26.1 Å².